The fourth-order valence-electron chi connectivity index (χ4n) is 1.85. The van der Waals surface area contributed by atoms with Gasteiger partial charge in [-0.15, -0.1) is 0 Å². The fraction of sp³-hybridized carbons (Fsp3) is 0.133. The Balaban J connectivity index is 2.11. The number of nitrogens with two attached hydrogens (primary N) is 1. The number of nitrogen functional groups attached to an aromatic ring is 1. The van der Waals surface area contributed by atoms with E-state index in [9.17, 15) is 4.79 Å². The molecule has 0 saturated heterocycles. The molecule has 0 unspecified atom stereocenters. The molecule has 0 bridgehead atoms. The van der Waals surface area contributed by atoms with Crippen LogP contribution in [0.15, 0.2) is 42.5 Å². The van der Waals surface area contributed by atoms with Gasteiger partial charge in [0.05, 0.1) is 12.7 Å². The molecule has 0 aromatic heterocycles. The van der Waals surface area contributed by atoms with Crippen LogP contribution in [-0.4, -0.2) is 13.0 Å². The molecule has 0 atom stereocenters. The van der Waals surface area contributed by atoms with Gasteiger partial charge in [0, 0.05) is 21.4 Å². The van der Waals surface area contributed by atoms with Crippen LogP contribution in [0.3, 0.4) is 0 Å². The number of carbonyl (C=O) groups excluding carboxylic acids is 1. The fourth-order valence-corrected chi connectivity index (χ4v) is 2.49. The number of benzene rings is 2. The van der Waals surface area contributed by atoms with E-state index in [2.05, 4.69) is 27.9 Å². The van der Waals surface area contributed by atoms with Crippen molar-refractivity contribution in [3.05, 3.63) is 57.2 Å². The Hall–Kier alpha value is -1.76. The zero-order valence-corrected chi connectivity index (χ0v) is 13.2. The molecule has 2 aromatic carbocycles. The first-order valence-electron chi connectivity index (χ1n) is 6.07. The van der Waals surface area contributed by atoms with Crippen molar-refractivity contribution in [1.82, 2.24) is 5.32 Å². The van der Waals surface area contributed by atoms with Gasteiger partial charge in [-0.05, 0) is 52.9 Å². The van der Waals surface area contributed by atoms with Crippen LogP contribution in [0.25, 0.3) is 0 Å². The van der Waals surface area contributed by atoms with E-state index in [0.29, 0.717) is 23.5 Å². The molecule has 0 fully saturated rings. The summed E-state index contributed by atoms with van der Waals surface area (Å²) in [7, 11) is 1.59. The van der Waals surface area contributed by atoms with Crippen molar-refractivity contribution in [2.24, 2.45) is 0 Å². The zero-order valence-electron chi connectivity index (χ0n) is 11.0. The Morgan fingerprint density at radius 3 is 2.75 bits per heavy atom. The van der Waals surface area contributed by atoms with E-state index >= 15 is 0 Å². The lowest BCUT2D eigenvalue weighted by Crippen LogP contribution is -2.24. The molecule has 0 aliphatic rings. The summed E-state index contributed by atoms with van der Waals surface area (Å²) in [5.74, 6) is 0.599. The maximum atomic E-state index is 12.1. The van der Waals surface area contributed by atoms with Gasteiger partial charge in [-0.1, -0.05) is 12.1 Å². The zero-order chi connectivity index (χ0) is 14.5. The second-order valence-electron chi connectivity index (χ2n) is 4.23. The highest BCUT2D eigenvalue weighted by molar-refractivity contribution is 14.1. The molecule has 2 rings (SSSR count). The molecule has 0 heterocycles. The lowest BCUT2D eigenvalue weighted by molar-refractivity contribution is 0.0950. The summed E-state index contributed by atoms with van der Waals surface area (Å²) in [4.78, 5) is 12.1. The van der Waals surface area contributed by atoms with Gasteiger partial charge in [0.2, 0.25) is 0 Å². The second kappa shape index (κ2) is 6.60. The van der Waals surface area contributed by atoms with Crippen molar-refractivity contribution < 1.29 is 9.53 Å². The lowest BCUT2D eigenvalue weighted by Gasteiger charge is -2.11. The quantitative estimate of drug-likeness (QED) is 0.632. The third-order valence-electron chi connectivity index (χ3n) is 2.86. The lowest BCUT2D eigenvalue weighted by atomic mass is 10.1. The summed E-state index contributed by atoms with van der Waals surface area (Å²) in [5, 5.41) is 2.88. The van der Waals surface area contributed by atoms with Crippen LogP contribution < -0.4 is 15.8 Å². The standard InChI is InChI=1S/C15H15IN2O2/c1-20-14-7-6-11(17)8-10(14)9-18-15(19)12-4-2-3-5-13(12)16/h2-8H,9,17H2,1H3,(H,18,19). The van der Waals surface area contributed by atoms with E-state index in [0.717, 1.165) is 9.13 Å². The third kappa shape index (κ3) is 3.41. The first kappa shape index (κ1) is 14.6. The molecule has 20 heavy (non-hydrogen) atoms. The number of nitrogens with one attached hydrogen (secondary N) is 1. The molecule has 104 valence electrons. The minimum absolute atomic E-state index is 0.112. The molecule has 1 amide bonds. The van der Waals surface area contributed by atoms with Crippen molar-refractivity contribution in [2.75, 3.05) is 12.8 Å². The molecule has 0 aliphatic carbocycles. The predicted molar refractivity (Wildman–Crippen MR) is 87.7 cm³/mol. The van der Waals surface area contributed by atoms with Crippen LogP contribution >= 0.6 is 22.6 Å². The van der Waals surface area contributed by atoms with Gasteiger partial charge in [-0.2, -0.15) is 0 Å². The summed E-state index contributed by atoms with van der Waals surface area (Å²) in [5.41, 5.74) is 7.91. The van der Waals surface area contributed by atoms with Crippen LogP contribution in [0.2, 0.25) is 0 Å². The van der Waals surface area contributed by atoms with Gasteiger partial charge in [-0.25, -0.2) is 0 Å². The smallest absolute Gasteiger partial charge is 0.252 e. The van der Waals surface area contributed by atoms with Gasteiger partial charge in [-0.3, -0.25) is 4.79 Å². The number of hydrogen-bond acceptors (Lipinski definition) is 3. The van der Waals surface area contributed by atoms with Crippen molar-refractivity contribution in [3.63, 3.8) is 0 Å². The average molecular weight is 382 g/mol. The third-order valence-corrected chi connectivity index (χ3v) is 3.80. The first-order valence-corrected chi connectivity index (χ1v) is 7.15. The van der Waals surface area contributed by atoms with E-state index < -0.39 is 0 Å². The summed E-state index contributed by atoms with van der Waals surface area (Å²) in [6.07, 6.45) is 0. The van der Waals surface area contributed by atoms with Gasteiger partial charge < -0.3 is 15.8 Å². The number of halogens is 1. The Bertz CT molecular complexity index is 629. The summed E-state index contributed by atoms with van der Waals surface area (Å²) < 4.78 is 6.17. The summed E-state index contributed by atoms with van der Waals surface area (Å²) in [6, 6.07) is 12.8. The molecule has 2 aromatic rings. The van der Waals surface area contributed by atoms with Crippen LogP contribution in [0.5, 0.6) is 5.75 Å². The number of ether oxygens (including phenoxy) is 1. The van der Waals surface area contributed by atoms with Gasteiger partial charge in [0.25, 0.3) is 5.91 Å². The van der Waals surface area contributed by atoms with Crippen molar-refractivity contribution in [1.29, 1.82) is 0 Å². The second-order valence-corrected chi connectivity index (χ2v) is 5.40. The summed E-state index contributed by atoms with van der Waals surface area (Å²) in [6.45, 7) is 0.373. The predicted octanol–water partition coefficient (Wildman–Crippen LogP) is 2.81. The molecule has 0 radical (unpaired) electrons. The van der Waals surface area contributed by atoms with E-state index in [1.54, 1.807) is 31.4 Å². The molecular weight excluding hydrogens is 367 g/mol. The first-order chi connectivity index (χ1) is 9.61. The molecular formula is C15H15IN2O2. The van der Waals surface area contributed by atoms with Gasteiger partial charge in [0.1, 0.15) is 5.75 Å². The molecule has 0 spiro atoms. The maximum Gasteiger partial charge on any atom is 0.252 e. The minimum atomic E-state index is -0.112. The minimum Gasteiger partial charge on any atom is -0.496 e. The highest BCUT2D eigenvalue weighted by Gasteiger charge is 2.10. The molecule has 0 aliphatic heterocycles. The molecule has 4 nitrogen and oxygen atoms in total. The van der Waals surface area contributed by atoms with Crippen LogP contribution in [0, 0.1) is 3.57 Å². The SMILES string of the molecule is COc1ccc(N)cc1CNC(=O)c1ccccc1I. The average Bonchev–Trinajstić information content (AvgIpc) is 2.45. The number of carbonyl (C=O) groups is 1. The summed E-state index contributed by atoms with van der Waals surface area (Å²) >= 11 is 2.14. The Morgan fingerprint density at radius 1 is 1.30 bits per heavy atom. The molecule has 3 N–H and O–H groups in total. The van der Waals surface area contributed by atoms with Crippen LogP contribution in [0.1, 0.15) is 15.9 Å². The topological polar surface area (TPSA) is 64.3 Å². The highest BCUT2D eigenvalue weighted by Crippen LogP contribution is 2.21. The van der Waals surface area contributed by atoms with E-state index in [1.807, 2.05) is 18.2 Å². The van der Waals surface area contributed by atoms with Crippen LogP contribution in [-0.2, 0) is 6.54 Å². The van der Waals surface area contributed by atoms with E-state index in [1.165, 1.54) is 0 Å². The van der Waals surface area contributed by atoms with Gasteiger partial charge in [0.15, 0.2) is 0 Å². The largest absolute Gasteiger partial charge is 0.496 e. The van der Waals surface area contributed by atoms with Crippen molar-refractivity contribution in [3.8, 4) is 5.75 Å². The molecule has 0 saturated carbocycles. The highest BCUT2D eigenvalue weighted by atomic mass is 127. The van der Waals surface area contributed by atoms with Crippen LogP contribution in [0.4, 0.5) is 5.69 Å². The number of hydrogen-bond donors (Lipinski definition) is 2. The van der Waals surface area contributed by atoms with Crippen molar-refractivity contribution in [2.45, 2.75) is 6.54 Å². The Morgan fingerprint density at radius 2 is 2.05 bits per heavy atom. The number of anilines is 1. The molecule has 5 heteroatoms. The monoisotopic (exact) mass is 382 g/mol. The van der Waals surface area contributed by atoms with E-state index in [4.69, 9.17) is 10.5 Å². The Kier molecular flexibility index (Phi) is 4.84. The van der Waals surface area contributed by atoms with E-state index in [-0.39, 0.29) is 5.91 Å². The number of amides is 1. The van der Waals surface area contributed by atoms with Crippen molar-refractivity contribution >= 4 is 34.2 Å². The number of methoxy groups -OCH3 is 1. The Labute approximate surface area is 131 Å². The number of rotatable bonds is 4. The maximum absolute atomic E-state index is 12.1. The normalized spacial score (nSPS) is 10.1. The van der Waals surface area contributed by atoms with Gasteiger partial charge >= 0.3 is 0 Å².